The highest BCUT2D eigenvalue weighted by Crippen LogP contribution is 2.40. The fraction of sp³-hybridized carbons (Fsp3) is 0.800. The molecule has 120 valence electrons. The predicted molar refractivity (Wildman–Crippen MR) is 75.9 cm³/mol. The van der Waals surface area contributed by atoms with Gasteiger partial charge in [0, 0.05) is 25.0 Å². The Kier molecular flexibility index (Phi) is 5.30. The maximum atomic E-state index is 12.7. The Morgan fingerprint density at radius 1 is 1.33 bits per heavy atom. The molecule has 0 aromatic carbocycles. The zero-order chi connectivity index (χ0) is 15.5. The Labute approximate surface area is 123 Å². The minimum atomic E-state index is -4.02. The Hall–Kier alpha value is -1.04. The molecule has 2 rings (SSSR count). The molecule has 1 N–H and O–H groups in total. The van der Waals surface area contributed by atoms with Gasteiger partial charge in [-0.1, -0.05) is 0 Å². The maximum absolute atomic E-state index is 12.7. The topological polar surface area (TPSA) is 29.9 Å². The van der Waals surface area contributed by atoms with Crippen molar-refractivity contribution in [2.45, 2.75) is 50.7 Å². The monoisotopic (exact) mass is 303 g/mol. The van der Waals surface area contributed by atoms with E-state index in [-0.39, 0.29) is 18.9 Å². The SMILES string of the molecule is CNC(CCc1ccnn1C)C1CCC(C(F)(F)F)CC1. The number of rotatable bonds is 5. The van der Waals surface area contributed by atoms with Crippen molar-refractivity contribution in [2.75, 3.05) is 7.05 Å². The van der Waals surface area contributed by atoms with Crippen molar-refractivity contribution in [3.05, 3.63) is 18.0 Å². The van der Waals surface area contributed by atoms with Crippen LogP contribution in [0.2, 0.25) is 0 Å². The third-order valence-corrected chi connectivity index (χ3v) is 4.81. The van der Waals surface area contributed by atoms with E-state index in [2.05, 4.69) is 10.4 Å². The highest BCUT2D eigenvalue weighted by Gasteiger charge is 2.42. The van der Waals surface area contributed by atoms with E-state index in [9.17, 15) is 13.2 Å². The lowest BCUT2D eigenvalue weighted by molar-refractivity contribution is -0.184. The van der Waals surface area contributed by atoms with Crippen molar-refractivity contribution in [3.8, 4) is 0 Å². The normalized spacial score (nSPS) is 25.0. The molecule has 0 radical (unpaired) electrons. The minimum Gasteiger partial charge on any atom is -0.317 e. The second-order valence-electron chi connectivity index (χ2n) is 6.03. The first-order chi connectivity index (χ1) is 9.91. The van der Waals surface area contributed by atoms with Crippen molar-refractivity contribution in [1.29, 1.82) is 0 Å². The summed E-state index contributed by atoms with van der Waals surface area (Å²) in [6.07, 6.45) is 1.49. The summed E-state index contributed by atoms with van der Waals surface area (Å²) >= 11 is 0. The van der Waals surface area contributed by atoms with E-state index in [1.165, 1.54) is 5.69 Å². The highest BCUT2D eigenvalue weighted by molar-refractivity contribution is 5.00. The molecule has 0 bridgehead atoms. The van der Waals surface area contributed by atoms with Gasteiger partial charge in [-0.05, 0) is 57.6 Å². The van der Waals surface area contributed by atoms with Gasteiger partial charge >= 0.3 is 6.18 Å². The summed E-state index contributed by atoms with van der Waals surface area (Å²) in [5.41, 5.74) is 1.17. The molecule has 0 saturated heterocycles. The molecule has 21 heavy (non-hydrogen) atoms. The van der Waals surface area contributed by atoms with Crippen molar-refractivity contribution < 1.29 is 13.2 Å². The number of aromatic nitrogens is 2. The van der Waals surface area contributed by atoms with Gasteiger partial charge in [0.1, 0.15) is 0 Å². The molecule has 1 aliphatic rings. The molecule has 1 aliphatic carbocycles. The van der Waals surface area contributed by atoms with Crippen LogP contribution in [-0.4, -0.2) is 29.0 Å². The summed E-state index contributed by atoms with van der Waals surface area (Å²) in [6, 6.07) is 2.28. The average molecular weight is 303 g/mol. The lowest BCUT2D eigenvalue weighted by atomic mass is 9.77. The van der Waals surface area contributed by atoms with Crippen molar-refractivity contribution in [1.82, 2.24) is 15.1 Å². The zero-order valence-electron chi connectivity index (χ0n) is 12.7. The first kappa shape index (κ1) is 16.3. The van der Waals surface area contributed by atoms with Gasteiger partial charge in [0.05, 0.1) is 5.92 Å². The summed E-state index contributed by atoms with van der Waals surface area (Å²) < 4.78 is 40.0. The van der Waals surface area contributed by atoms with Crippen LogP contribution in [0.4, 0.5) is 13.2 Å². The molecule has 1 atom stereocenters. The van der Waals surface area contributed by atoms with Gasteiger partial charge in [0.2, 0.25) is 0 Å². The lowest BCUT2D eigenvalue weighted by Gasteiger charge is -2.34. The largest absolute Gasteiger partial charge is 0.391 e. The number of aryl methyl sites for hydroxylation is 2. The summed E-state index contributed by atoms with van der Waals surface area (Å²) in [5.74, 6) is -0.745. The lowest BCUT2D eigenvalue weighted by Crippen LogP contribution is -2.38. The Bertz CT molecular complexity index is 434. The number of nitrogens with one attached hydrogen (secondary N) is 1. The predicted octanol–water partition coefficient (Wildman–Crippen LogP) is 3.31. The van der Waals surface area contributed by atoms with Crippen LogP contribution in [0.3, 0.4) is 0 Å². The molecule has 0 spiro atoms. The van der Waals surface area contributed by atoms with E-state index >= 15 is 0 Å². The second-order valence-corrected chi connectivity index (χ2v) is 6.03. The van der Waals surface area contributed by atoms with Crippen LogP contribution in [0, 0.1) is 11.8 Å². The van der Waals surface area contributed by atoms with Crippen molar-refractivity contribution in [3.63, 3.8) is 0 Å². The summed E-state index contributed by atoms with van der Waals surface area (Å²) in [4.78, 5) is 0. The van der Waals surface area contributed by atoms with Gasteiger partial charge in [-0.15, -0.1) is 0 Å². The van der Waals surface area contributed by atoms with Gasteiger partial charge in [-0.3, -0.25) is 4.68 Å². The fourth-order valence-corrected chi connectivity index (χ4v) is 3.41. The van der Waals surface area contributed by atoms with Gasteiger partial charge in [0.15, 0.2) is 0 Å². The molecule has 1 unspecified atom stereocenters. The minimum absolute atomic E-state index is 0.276. The van der Waals surface area contributed by atoms with Gasteiger partial charge < -0.3 is 5.32 Å². The molecule has 6 heteroatoms. The van der Waals surface area contributed by atoms with Crippen LogP contribution < -0.4 is 5.32 Å². The molecule has 1 fully saturated rings. The standard InChI is InChI=1S/C15H24F3N3/c1-19-14(8-7-13-9-10-20-21(13)2)11-3-5-12(6-4-11)15(16,17)18/h9-12,14,19H,3-8H2,1-2H3. The molecule has 3 nitrogen and oxygen atoms in total. The summed E-state index contributed by atoms with van der Waals surface area (Å²) in [5, 5.41) is 7.44. The van der Waals surface area contributed by atoms with Gasteiger partial charge in [-0.25, -0.2) is 0 Å². The molecule has 1 aromatic rings. The molecular weight excluding hydrogens is 279 g/mol. The summed E-state index contributed by atoms with van der Waals surface area (Å²) in [7, 11) is 3.82. The zero-order valence-corrected chi connectivity index (χ0v) is 12.7. The molecular formula is C15H24F3N3. The number of hydrogen-bond acceptors (Lipinski definition) is 2. The van der Waals surface area contributed by atoms with E-state index in [4.69, 9.17) is 0 Å². The van der Waals surface area contributed by atoms with Crippen molar-refractivity contribution >= 4 is 0 Å². The maximum Gasteiger partial charge on any atom is 0.391 e. The Morgan fingerprint density at radius 2 is 2.00 bits per heavy atom. The van der Waals surface area contributed by atoms with Gasteiger partial charge in [0.25, 0.3) is 0 Å². The number of hydrogen-bond donors (Lipinski definition) is 1. The van der Waals surface area contributed by atoms with Crippen LogP contribution in [0.5, 0.6) is 0 Å². The van der Waals surface area contributed by atoms with Crippen LogP contribution in [0.15, 0.2) is 12.3 Å². The number of nitrogens with zero attached hydrogens (tertiary/aromatic N) is 2. The highest BCUT2D eigenvalue weighted by atomic mass is 19.4. The van der Waals surface area contributed by atoms with Gasteiger partial charge in [-0.2, -0.15) is 18.3 Å². The third-order valence-electron chi connectivity index (χ3n) is 4.81. The van der Waals surface area contributed by atoms with E-state index in [0.717, 1.165) is 12.8 Å². The first-order valence-electron chi connectivity index (χ1n) is 7.62. The number of halogens is 3. The molecule has 0 amide bonds. The van der Waals surface area contributed by atoms with E-state index in [1.54, 1.807) is 6.20 Å². The average Bonchev–Trinajstić information content (AvgIpc) is 2.85. The van der Waals surface area contributed by atoms with E-state index in [1.807, 2.05) is 24.8 Å². The first-order valence-corrected chi connectivity index (χ1v) is 7.62. The van der Waals surface area contributed by atoms with Crippen LogP contribution in [0.25, 0.3) is 0 Å². The smallest absolute Gasteiger partial charge is 0.317 e. The van der Waals surface area contributed by atoms with Crippen LogP contribution >= 0.6 is 0 Å². The van der Waals surface area contributed by atoms with Crippen molar-refractivity contribution in [2.24, 2.45) is 18.9 Å². The third kappa shape index (κ3) is 4.22. The molecule has 0 aliphatic heterocycles. The number of alkyl halides is 3. The molecule has 1 heterocycles. The quantitative estimate of drug-likeness (QED) is 0.904. The Balaban J connectivity index is 1.84. The Morgan fingerprint density at radius 3 is 2.48 bits per heavy atom. The fourth-order valence-electron chi connectivity index (χ4n) is 3.41. The molecule has 1 aromatic heterocycles. The molecule has 1 saturated carbocycles. The second kappa shape index (κ2) is 6.81. The van der Waals surface area contributed by atoms with E-state index < -0.39 is 12.1 Å². The van der Waals surface area contributed by atoms with E-state index in [0.29, 0.717) is 18.8 Å². The van der Waals surface area contributed by atoms with Crippen LogP contribution in [0.1, 0.15) is 37.8 Å². The van der Waals surface area contributed by atoms with Crippen LogP contribution in [-0.2, 0) is 13.5 Å². The summed E-state index contributed by atoms with van der Waals surface area (Å²) in [6.45, 7) is 0.